The molecule has 0 saturated heterocycles. The van der Waals surface area contributed by atoms with Gasteiger partial charge in [0.1, 0.15) is 11.6 Å². The van der Waals surface area contributed by atoms with Gasteiger partial charge in [-0.05, 0) is 42.8 Å². The predicted molar refractivity (Wildman–Crippen MR) is 87.6 cm³/mol. The molecule has 1 amide bonds. The lowest BCUT2D eigenvalue weighted by molar-refractivity contribution is -0.254. The van der Waals surface area contributed by atoms with E-state index in [1.54, 1.807) is 25.1 Å². The summed E-state index contributed by atoms with van der Waals surface area (Å²) in [5.74, 6) is -2.38. The number of carbonyl (C=O) groups excluding carboxylic acids is 2. The molecule has 0 spiro atoms. The van der Waals surface area contributed by atoms with E-state index in [-0.39, 0.29) is 28.3 Å². The molecule has 3 aromatic rings. The first kappa shape index (κ1) is 16.4. The van der Waals surface area contributed by atoms with E-state index in [9.17, 15) is 19.1 Å². The second-order valence-electron chi connectivity index (χ2n) is 5.43. The third-order valence-corrected chi connectivity index (χ3v) is 3.61. The van der Waals surface area contributed by atoms with Crippen molar-refractivity contribution in [2.24, 2.45) is 0 Å². The zero-order valence-electron chi connectivity index (χ0n) is 13.2. The van der Waals surface area contributed by atoms with Crippen LogP contribution in [-0.4, -0.2) is 11.9 Å². The van der Waals surface area contributed by atoms with E-state index in [0.717, 1.165) is 5.56 Å². The van der Waals surface area contributed by atoms with Gasteiger partial charge < -0.3 is 19.6 Å². The minimum Gasteiger partial charge on any atom is -0.545 e. The van der Waals surface area contributed by atoms with Gasteiger partial charge in [-0.2, -0.15) is 0 Å². The fourth-order valence-corrected chi connectivity index (χ4v) is 2.39. The molecular weight excluding hydrogens is 325 g/mol. The van der Waals surface area contributed by atoms with Gasteiger partial charge in [-0.25, -0.2) is 4.39 Å². The number of aromatic carboxylic acids is 1. The number of halogens is 1. The minimum absolute atomic E-state index is 0.0657. The topological polar surface area (TPSA) is 82.4 Å². The fraction of sp³-hybridized carbons (Fsp3) is 0.0526. The molecule has 0 saturated carbocycles. The summed E-state index contributed by atoms with van der Waals surface area (Å²) in [6.07, 6.45) is 0. The number of carboxylic acids is 1. The first-order chi connectivity index (χ1) is 12.0. The monoisotopic (exact) mass is 338 g/mol. The molecular formula is C19H13FNO4-. The largest absolute Gasteiger partial charge is 0.545 e. The van der Waals surface area contributed by atoms with E-state index in [4.69, 9.17) is 4.42 Å². The lowest BCUT2D eigenvalue weighted by atomic mass is 10.1. The zero-order valence-corrected chi connectivity index (χ0v) is 13.2. The molecule has 0 aliphatic heterocycles. The maximum Gasteiger partial charge on any atom is 0.291 e. The van der Waals surface area contributed by atoms with Crippen molar-refractivity contribution in [3.05, 3.63) is 77.3 Å². The number of amides is 1. The summed E-state index contributed by atoms with van der Waals surface area (Å²) < 4.78 is 19.2. The lowest BCUT2D eigenvalue weighted by Gasteiger charge is -2.12. The van der Waals surface area contributed by atoms with Crippen LogP contribution in [0.3, 0.4) is 0 Å². The van der Waals surface area contributed by atoms with E-state index in [1.165, 1.54) is 36.4 Å². The van der Waals surface area contributed by atoms with E-state index in [1.807, 2.05) is 0 Å². The van der Waals surface area contributed by atoms with Crippen molar-refractivity contribution in [1.82, 2.24) is 0 Å². The molecule has 0 fully saturated rings. The molecule has 0 aliphatic carbocycles. The van der Waals surface area contributed by atoms with Crippen molar-refractivity contribution in [2.75, 3.05) is 5.32 Å². The Morgan fingerprint density at radius 1 is 1.08 bits per heavy atom. The molecule has 0 bridgehead atoms. The number of anilines is 1. The van der Waals surface area contributed by atoms with Crippen molar-refractivity contribution in [1.29, 1.82) is 0 Å². The van der Waals surface area contributed by atoms with Crippen LogP contribution in [-0.2, 0) is 0 Å². The summed E-state index contributed by atoms with van der Waals surface area (Å²) in [6.45, 7) is 1.76. The first-order valence-corrected chi connectivity index (χ1v) is 7.44. The standard InChI is InChI=1S/C19H14FNO4/c1-11-6-7-13(19(23)24)15(10-11)21-18(22)17-9-8-16(25-17)12-4-2-3-5-14(12)20/h2-10H,1H3,(H,21,22)(H,23,24)/p-1. The van der Waals surface area contributed by atoms with E-state index < -0.39 is 17.7 Å². The highest BCUT2D eigenvalue weighted by Crippen LogP contribution is 2.25. The van der Waals surface area contributed by atoms with Crippen LogP contribution in [0.15, 0.2) is 59.0 Å². The van der Waals surface area contributed by atoms with Gasteiger partial charge in [0.15, 0.2) is 5.76 Å². The number of aryl methyl sites for hydroxylation is 1. The fourth-order valence-electron chi connectivity index (χ4n) is 2.39. The van der Waals surface area contributed by atoms with Gasteiger partial charge in [-0.1, -0.05) is 24.3 Å². The van der Waals surface area contributed by atoms with Crippen molar-refractivity contribution in [3.8, 4) is 11.3 Å². The SMILES string of the molecule is Cc1ccc(C(=O)[O-])c(NC(=O)c2ccc(-c3ccccc3F)o2)c1. The normalized spacial score (nSPS) is 10.5. The molecule has 1 heterocycles. The van der Waals surface area contributed by atoms with Gasteiger partial charge in [0.25, 0.3) is 5.91 Å². The average Bonchev–Trinajstić information content (AvgIpc) is 3.05. The lowest BCUT2D eigenvalue weighted by Crippen LogP contribution is -2.24. The molecule has 2 aromatic carbocycles. The van der Waals surface area contributed by atoms with Gasteiger partial charge >= 0.3 is 0 Å². The quantitative estimate of drug-likeness (QED) is 0.793. The maximum absolute atomic E-state index is 13.8. The van der Waals surface area contributed by atoms with Crippen molar-refractivity contribution >= 4 is 17.6 Å². The average molecular weight is 338 g/mol. The smallest absolute Gasteiger partial charge is 0.291 e. The second-order valence-corrected chi connectivity index (χ2v) is 5.43. The summed E-state index contributed by atoms with van der Waals surface area (Å²) >= 11 is 0. The molecule has 5 nitrogen and oxygen atoms in total. The Morgan fingerprint density at radius 3 is 2.56 bits per heavy atom. The van der Waals surface area contributed by atoms with Gasteiger partial charge in [0.2, 0.25) is 0 Å². The Hall–Kier alpha value is -3.41. The third-order valence-electron chi connectivity index (χ3n) is 3.61. The highest BCUT2D eigenvalue weighted by atomic mass is 19.1. The maximum atomic E-state index is 13.8. The number of nitrogens with one attached hydrogen (secondary N) is 1. The third kappa shape index (κ3) is 3.42. The number of hydrogen-bond donors (Lipinski definition) is 1. The molecule has 0 unspecified atom stereocenters. The van der Waals surface area contributed by atoms with Gasteiger partial charge in [0.05, 0.1) is 17.2 Å². The molecule has 1 aromatic heterocycles. The second kappa shape index (κ2) is 6.60. The molecule has 1 N–H and O–H groups in total. The van der Waals surface area contributed by atoms with Crippen molar-refractivity contribution in [3.63, 3.8) is 0 Å². The van der Waals surface area contributed by atoms with E-state index in [2.05, 4.69) is 5.32 Å². The highest BCUT2D eigenvalue weighted by Gasteiger charge is 2.16. The summed E-state index contributed by atoms with van der Waals surface area (Å²) in [5, 5.41) is 13.6. The summed E-state index contributed by atoms with van der Waals surface area (Å²) in [7, 11) is 0. The minimum atomic E-state index is -1.40. The van der Waals surface area contributed by atoms with Crippen LogP contribution in [0.2, 0.25) is 0 Å². The van der Waals surface area contributed by atoms with Crippen LogP contribution >= 0.6 is 0 Å². The van der Waals surface area contributed by atoms with Crippen LogP contribution < -0.4 is 10.4 Å². The Bertz CT molecular complexity index is 962. The van der Waals surface area contributed by atoms with Gasteiger partial charge in [0, 0.05) is 5.56 Å². The Balaban J connectivity index is 1.87. The number of carboxylic acid groups (broad SMARTS) is 1. The van der Waals surface area contributed by atoms with Crippen molar-refractivity contribution < 1.29 is 23.5 Å². The van der Waals surface area contributed by atoms with Gasteiger partial charge in [-0.3, -0.25) is 4.79 Å². The van der Waals surface area contributed by atoms with Crippen LogP contribution in [0, 0.1) is 12.7 Å². The predicted octanol–water partition coefficient (Wildman–Crippen LogP) is 3.01. The van der Waals surface area contributed by atoms with Crippen LogP contribution in [0.1, 0.15) is 26.5 Å². The van der Waals surface area contributed by atoms with Crippen LogP contribution in [0.4, 0.5) is 10.1 Å². The summed E-state index contributed by atoms with van der Waals surface area (Å²) in [5.41, 5.74) is 0.966. The summed E-state index contributed by atoms with van der Waals surface area (Å²) in [4.78, 5) is 23.5. The number of furan rings is 1. The molecule has 0 atom stereocenters. The Labute approximate surface area is 142 Å². The molecule has 126 valence electrons. The molecule has 3 rings (SSSR count). The van der Waals surface area contributed by atoms with Crippen LogP contribution in [0.25, 0.3) is 11.3 Å². The van der Waals surface area contributed by atoms with E-state index in [0.29, 0.717) is 0 Å². The number of rotatable bonds is 4. The Kier molecular flexibility index (Phi) is 4.35. The number of benzene rings is 2. The van der Waals surface area contributed by atoms with Crippen molar-refractivity contribution in [2.45, 2.75) is 6.92 Å². The first-order valence-electron chi connectivity index (χ1n) is 7.44. The molecule has 25 heavy (non-hydrogen) atoms. The molecule has 6 heteroatoms. The number of hydrogen-bond acceptors (Lipinski definition) is 4. The Morgan fingerprint density at radius 2 is 1.84 bits per heavy atom. The highest BCUT2D eigenvalue weighted by molar-refractivity contribution is 6.06. The van der Waals surface area contributed by atoms with E-state index >= 15 is 0 Å². The molecule has 0 radical (unpaired) electrons. The summed E-state index contributed by atoms with van der Waals surface area (Å²) in [6, 6.07) is 13.4. The zero-order chi connectivity index (χ0) is 18.0. The van der Waals surface area contributed by atoms with Gasteiger partial charge in [-0.15, -0.1) is 0 Å². The molecule has 0 aliphatic rings. The number of carbonyl (C=O) groups is 2. The van der Waals surface area contributed by atoms with Crippen LogP contribution in [0.5, 0.6) is 0 Å².